The molecule has 0 bridgehead atoms. The van der Waals surface area contributed by atoms with Crippen LogP contribution in [-0.4, -0.2) is 55.6 Å². The zero-order chi connectivity index (χ0) is 25.3. The fourth-order valence-corrected chi connectivity index (χ4v) is 4.80. The Kier molecular flexibility index (Phi) is 6.34. The molecule has 2 aliphatic heterocycles. The average Bonchev–Trinajstić information content (AvgIpc) is 3.48. The van der Waals surface area contributed by atoms with Gasteiger partial charge in [0, 0.05) is 37.4 Å². The third-order valence-corrected chi connectivity index (χ3v) is 6.36. The zero-order valence-electron chi connectivity index (χ0n) is 20.0. The average molecular weight is 494 g/mol. The van der Waals surface area contributed by atoms with E-state index in [9.17, 15) is 13.2 Å². The molecule has 1 aromatic heterocycles. The van der Waals surface area contributed by atoms with E-state index in [0.29, 0.717) is 18.7 Å². The van der Waals surface area contributed by atoms with Crippen molar-refractivity contribution in [2.75, 3.05) is 7.05 Å². The van der Waals surface area contributed by atoms with E-state index in [4.69, 9.17) is 4.99 Å². The molecule has 0 amide bonds. The van der Waals surface area contributed by atoms with Gasteiger partial charge in [0.25, 0.3) is 0 Å². The molecule has 5 rings (SSSR count). The SMILES string of the molecule is CC1=CN(C)N2C(=C1)N=C(CCCC(F)(F)F)C2Cc1ccc(-c2ccccc2-c2nn[nH]n2)cc1. The number of fused-ring (bicyclic) bond motifs is 1. The minimum Gasteiger partial charge on any atom is -0.293 e. The first-order chi connectivity index (χ1) is 17.3. The maximum atomic E-state index is 12.8. The van der Waals surface area contributed by atoms with Gasteiger partial charge in [0.2, 0.25) is 5.82 Å². The van der Waals surface area contributed by atoms with Gasteiger partial charge in [0.05, 0.1) is 6.04 Å². The van der Waals surface area contributed by atoms with Gasteiger partial charge in [-0.2, -0.15) is 18.4 Å². The summed E-state index contributed by atoms with van der Waals surface area (Å²) in [6, 6.07) is 15.9. The number of aromatic amines is 1. The summed E-state index contributed by atoms with van der Waals surface area (Å²) in [5, 5.41) is 18.4. The normalized spacial score (nSPS) is 17.6. The van der Waals surface area contributed by atoms with Crippen LogP contribution in [0.5, 0.6) is 0 Å². The van der Waals surface area contributed by atoms with Gasteiger partial charge in [-0.3, -0.25) is 10.0 Å². The number of tetrazole rings is 1. The van der Waals surface area contributed by atoms with Crippen LogP contribution in [0, 0.1) is 0 Å². The molecule has 0 saturated carbocycles. The molecule has 10 heteroatoms. The number of H-pyrrole nitrogens is 1. The van der Waals surface area contributed by atoms with Crippen molar-refractivity contribution in [1.82, 2.24) is 30.6 Å². The van der Waals surface area contributed by atoms with Crippen LogP contribution in [0.1, 0.15) is 31.7 Å². The molecular formula is C26H26F3N7. The second-order valence-electron chi connectivity index (χ2n) is 9.06. The fourth-order valence-electron chi connectivity index (χ4n) is 4.80. The Balaban J connectivity index is 1.38. The van der Waals surface area contributed by atoms with Crippen molar-refractivity contribution in [3.8, 4) is 22.5 Å². The fraction of sp³-hybridized carbons (Fsp3) is 0.308. The molecule has 2 aromatic carbocycles. The van der Waals surface area contributed by atoms with Gasteiger partial charge in [0.15, 0.2) is 0 Å². The Morgan fingerprint density at radius 2 is 1.78 bits per heavy atom. The van der Waals surface area contributed by atoms with E-state index in [1.165, 1.54) is 0 Å². The summed E-state index contributed by atoms with van der Waals surface area (Å²) < 4.78 is 38.4. The standard InChI is InChI=1S/C26H26F3N7/c1-17-14-24-30-22(8-5-13-26(27,28)29)23(36(24)35(2)16-17)15-18-9-11-19(12-10-18)20-6-3-4-7-21(20)25-31-33-34-32-25/h3-4,6-7,9-12,14,16,23H,5,8,13,15H2,1-2H3,(H,31,32,33,34). The number of aromatic nitrogens is 4. The van der Waals surface area contributed by atoms with Crippen molar-refractivity contribution >= 4 is 5.71 Å². The first-order valence-corrected chi connectivity index (χ1v) is 11.8. The number of hydrazine groups is 1. The van der Waals surface area contributed by atoms with Crippen LogP contribution in [0.4, 0.5) is 13.2 Å². The minimum atomic E-state index is -4.16. The molecule has 0 radical (unpaired) electrons. The zero-order valence-corrected chi connectivity index (χ0v) is 20.0. The van der Waals surface area contributed by atoms with E-state index in [1.807, 2.05) is 67.7 Å². The highest BCUT2D eigenvalue weighted by Gasteiger charge is 2.36. The third kappa shape index (κ3) is 5.02. The van der Waals surface area contributed by atoms with E-state index in [0.717, 1.165) is 39.4 Å². The molecule has 0 spiro atoms. The lowest BCUT2D eigenvalue weighted by Crippen LogP contribution is -2.45. The van der Waals surface area contributed by atoms with Gasteiger partial charge >= 0.3 is 6.18 Å². The Morgan fingerprint density at radius 3 is 2.47 bits per heavy atom. The molecule has 186 valence electrons. The van der Waals surface area contributed by atoms with E-state index in [1.54, 1.807) is 0 Å². The summed E-state index contributed by atoms with van der Waals surface area (Å²) in [6.07, 6.45) is -0.0254. The first-order valence-electron chi connectivity index (χ1n) is 11.8. The predicted molar refractivity (Wildman–Crippen MR) is 131 cm³/mol. The van der Waals surface area contributed by atoms with E-state index < -0.39 is 12.6 Å². The number of hydrogen-bond acceptors (Lipinski definition) is 6. The highest BCUT2D eigenvalue weighted by atomic mass is 19.4. The van der Waals surface area contributed by atoms with Gasteiger partial charge in [-0.15, -0.1) is 10.2 Å². The maximum Gasteiger partial charge on any atom is 0.389 e. The van der Waals surface area contributed by atoms with Crippen molar-refractivity contribution in [2.24, 2.45) is 4.99 Å². The Labute approximate surface area is 207 Å². The number of rotatable bonds is 7. The quantitative estimate of drug-likeness (QED) is 0.468. The highest BCUT2D eigenvalue weighted by Crippen LogP contribution is 2.34. The van der Waals surface area contributed by atoms with Gasteiger partial charge in [-0.1, -0.05) is 48.5 Å². The number of nitrogens with zero attached hydrogens (tertiary/aromatic N) is 6. The molecule has 1 unspecified atom stereocenters. The van der Waals surface area contributed by atoms with E-state index >= 15 is 0 Å². The lowest BCUT2D eigenvalue weighted by atomic mass is 9.95. The number of hydrogen-bond donors (Lipinski definition) is 1. The van der Waals surface area contributed by atoms with Crippen molar-refractivity contribution in [1.29, 1.82) is 0 Å². The van der Waals surface area contributed by atoms with Crippen LogP contribution >= 0.6 is 0 Å². The van der Waals surface area contributed by atoms with Crippen LogP contribution in [0.2, 0.25) is 0 Å². The second-order valence-corrected chi connectivity index (χ2v) is 9.06. The number of nitrogens with one attached hydrogen (secondary N) is 1. The lowest BCUT2D eigenvalue weighted by molar-refractivity contribution is -0.135. The first kappa shape index (κ1) is 23.8. The topological polar surface area (TPSA) is 73.3 Å². The van der Waals surface area contributed by atoms with E-state index in [-0.39, 0.29) is 12.5 Å². The van der Waals surface area contributed by atoms with Gasteiger partial charge in [0.1, 0.15) is 5.82 Å². The molecule has 7 nitrogen and oxygen atoms in total. The lowest BCUT2D eigenvalue weighted by Gasteiger charge is -2.37. The van der Waals surface area contributed by atoms with Gasteiger partial charge < -0.3 is 0 Å². The van der Waals surface area contributed by atoms with Crippen LogP contribution in [0.25, 0.3) is 22.5 Å². The van der Waals surface area contributed by atoms with E-state index in [2.05, 4.69) is 37.8 Å². The molecule has 3 aromatic rings. The molecule has 3 heterocycles. The molecular weight excluding hydrogens is 467 g/mol. The molecule has 1 atom stereocenters. The summed E-state index contributed by atoms with van der Waals surface area (Å²) in [4.78, 5) is 4.74. The Morgan fingerprint density at radius 1 is 1.03 bits per heavy atom. The molecule has 2 aliphatic rings. The Hall–Kier alpha value is -3.95. The van der Waals surface area contributed by atoms with Crippen LogP contribution in [0.3, 0.4) is 0 Å². The molecule has 1 N–H and O–H groups in total. The Bertz CT molecular complexity index is 1310. The van der Waals surface area contributed by atoms with Crippen LogP contribution in [0.15, 0.2) is 77.2 Å². The largest absolute Gasteiger partial charge is 0.389 e. The number of aliphatic imine (C=N–C) groups is 1. The second kappa shape index (κ2) is 9.60. The third-order valence-electron chi connectivity index (χ3n) is 6.36. The van der Waals surface area contributed by atoms with Gasteiger partial charge in [-0.05, 0) is 53.3 Å². The monoisotopic (exact) mass is 493 g/mol. The number of allylic oxidation sites excluding steroid dienone is 2. The molecule has 0 aliphatic carbocycles. The molecule has 0 saturated heterocycles. The number of alkyl halides is 3. The summed E-state index contributed by atoms with van der Waals surface area (Å²) in [6.45, 7) is 1.98. The summed E-state index contributed by atoms with van der Waals surface area (Å²) in [5.74, 6) is 1.30. The van der Waals surface area contributed by atoms with Crippen molar-refractivity contribution < 1.29 is 13.2 Å². The molecule has 36 heavy (non-hydrogen) atoms. The summed E-state index contributed by atoms with van der Waals surface area (Å²) >= 11 is 0. The predicted octanol–water partition coefficient (Wildman–Crippen LogP) is 5.54. The highest BCUT2D eigenvalue weighted by molar-refractivity contribution is 5.93. The van der Waals surface area contributed by atoms with Gasteiger partial charge in [-0.25, -0.2) is 4.99 Å². The van der Waals surface area contributed by atoms with Crippen LogP contribution in [-0.2, 0) is 6.42 Å². The molecule has 0 fully saturated rings. The minimum absolute atomic E-state index is 0.0296. The summed E-state index contributed by atoms with van der Waals surface area (Å²) in [7, 11) is 1.94. The smallest absolute Gasteiger partial charge is 0.293 e. The maximum absolute atomic E-state index is 12.8. The van der Waals surface area contributed by atoms with Crippen molar-refractivity contribution in [2.45, 2.75) is 44.8 Å². The van der Waals surface area contributed by atoms with Crippen molar-refractivity contribution in [3.05, 3.63) is 77.8 Å². The number of halogens is 3. The van der Waals surface area contributed by atoms with Crippen molar-refractivity contribution in [3.63, 3.8) is 0 Å². The number of benzene rings is 2. The van der Waals surface area contributed by atoms with Crippen LogP contribution < -0.4 is 0 Å². The summed E-state index contributed by atoms with van der Waals surface area (Å²) in [5.41, 5.74) is 5.78.